The summed E-state index contributed by atoms with van der Waals surface area (Å²) in [5, 5.41) is 10.8. The topological polar surface area (TPSA) is 89.8 Å². The number of rotatable bonds is 6. The summed E-state index contributed by atoms with van der Waals surface area (Å²) in [6.45, 7) is 5.55. The summed E-state index contributed by atoms with van der Waals surface area (Å²) in [7, 11) is 1.64. The quantitative estimate of drug-likeness (QED) is 0.442. The van der Waals surface area contributed by atoms with Gasteiger partial charge in [-0.15, -0.1) is 0 Å². The molecule has 0 saturated carbocycles. The number of benzene rings is 2. The molecule has 7 heteroatoms. The zero-order chi connectivity index (χ0) is 20.1. The van der Waals surface area contributed by atoms with Gasteiger partial charge in [-0.05, 0) is 44.0 Å². The molecule has 2 rings (SSSR count). The summed E-state index contributed by atoms with van der Waals surface area (Å²) in [5.74, 6) is -1.02. The second-order valence-electron chi connectivity index (χ2n) is 6.51. The normalized spacial score (nSPS) is 10.4. The Balaban J connectivity index is 1.95. The van der Waals surface area contributed by atoms with Crippen molar-refractivity contribution in [2.75, 3.05) is 13.7 Å². The molecular weight excluding hydrogens is 348 g/mol. The maximum absolute atomic E-state index is 12.2. The standard InChI is InChI=1S/C20H22N2O5/c1-13-5-6-17(14(2)9-13)11-21(4)19(23)12-27-20(24)16-7-8-18(22(25)26)15(3)10-16/h5-10H,11-12H2,1-4H3. The molecule has 0 fully saturated rings. The van der Waals surface area contributed by atoms with Crippen LogP contribution in [0.2, 0.25) is 0 Å². The third-order valence-electron chi connectivity index (χ3n) is 4.29. The minimum atomic E-state index is -0.693. The van der Waals surface area contributed by atoms with Gasteiger partial charge in [0, 0.05) is 25.2 Å². The Bertz CT molecular complexity index is 892. The number of carbonyl (C=O) groups is 2. The molecule has 142 valence electrons. The van der Waals surface area contributed by atoms with E-state index in [1.165, 1.54) is 30.0 Å². The summed E-state index contributed by atoms with van der Waals surface area (Å²) >= 11 is 0. The van der Waals surface area contributed by atoms with Crippen LogP contribution in [-0.4, -0.2) is 35.4 Å². The van der Waals surface area contributed by atoms with Crippen molar-refractivity contribution in [2.45, 2.75) is 27.3 Å². The number of hydrogen-bond donors (Lipinski definition) is 0. The van der Waals surface area contributed by atoms with Crippen LogP contribution in [0, 0.1) is 30.9 Å². The minimum absolute atomic E-state index is 0.0733. The van der Waals surface area contributed by atoms with Crippen LogP contribution in [0.1, 0.15) is 32.6 Å². The largest absolute Gasteiger partial charge is 0.452 e. The highest BCUT2D eigenvalue weighted by Crippen LogP contribution is 2.19. The highest BCUT2D eigenvalue weighted by molar-refractivity contribution is 5.91. The van der Waals surface area contributed by atoms with Gasteiger partial charge < -0.3 is 9.64 Å². The Morgan fingerprint density at radius 2 is 1.78 bits per heavy atom. The van der Waals surface area contributed by atoms with E-state index in [-0.39, 0.29) is 17.2 Å². The number of nitro groups is 1. The zero-order valence-electron chi connectivity index (χ0n) is 15.8. The molecule has 0 unspecified atom stereocenters. The van der Waals surface area contributed by atoms with E-state index in [0.29, 0.717) is 12.1 Å². The molecule has 27 heavy (non-hydrogen) atoms. The number of hydrogen-bond acceptors (Lipinski definition) is 5. The molecule has 0 aliphatic rings. The third-order valence-corrected chi connectivity index (χ3v) is 4.29. The Hall–Kier alpha value is -3.22. The van der Waals surface area contributed by atoms with Crippen LogP contribution in [0.25, 0.3) is 0 Å². The van der Waals surface area contributed by atoms with Crippen molar-refractivity contribution in [3.05, 3.63) is 74.3 Å². The number of ether oxygens (including phenoxy) is 1. The summed E-state index contributed by atoms with van der Waals surface area (Å²) < 4.78 is 5.05. The molecule has 0 atom stereocenters. The second kappa shape index (κ2) is 8.44. The van der Waals surface area contributed by atoms with Crippen LogP contribution in [0.3, 0.4) is 0 Å². The van der Waals surface area contributed by atoms with E-state index in [0.717, 1.165) is 16.7 Å². The number of carbonyl (C=O) groups excluding carboxylic acids is 2. The fourth-order valence-corrected chi connectivity index (χ4v) is 2.67. The molecule has 2 aromatic rings. The number of nitrogens with zero attached hydrogens (tertiary/aromatic N) is 2. The molecule has 1 amide bonds. The highest BCUT2D eigenvalue weighted by atomic mass is 16.6. The lowest BCUT2D eigenvalue weighted by Gasteiger charge is -2.18. The molecule has 0 saturated heterocycles. The van der Waals surface area contributed by atoms with Crippen molar-refractivity contribution in [1.29, 1.82) is 0 Å². The van der Waals surface area contributed by atoms with E-state index in [9.17, 15) is 19.7 Å². The van der Waals surface area contributed by atoms with Crippen molar-refractivity contribution in [2.24, 2.45) is 0 Å². The van der Waals surface area contributed by atoms with Crippen molar-refractivity contribution < 1.29 is 19.2 Å². The third kappa shape index (κ3) is 5.13. The summed E-state index contributed by atoms with van der Waals surface area (Å²) in [6.07, 6.45) is 0. The second-order valence-corrected chi connectivity index (χ2v) is 6.51. The predicted octanol–water partition coefficient (Wildman–Crippen LogP) is 3.34. The average molecular weight is 370 g/mol. The molecule has 0 aliphatic heterocycles. The Labute approximate surface area is 157 Å². The molecule has 0 radical (unpaired) electrons. The van der Waals surface area contributed by atoms with Gasteiger partial charge in [-0.25, -0.2) is 4.79 Å². The first-order valence-corrected chi connectivity index (χ1v) is 8.41. The van der Waals surface area contributed by atoms with Crippen LogP contribution < -0.4 is 0 Å². The van der Waals surface area contributed by atoms with Gasteiger partial charge in [0.15, 0.2) is 6.61 Å². The molecule has 0 spiro atoms. The van der Waals surface area contributed by atoms with E-state index < -0.39 is 17.5 Å². The lowest BCUT2D eigenvalue weighted by atomic mass is 10.1. The predicted molar refractivity (Wildman–Crippen MR) is 101 cm³/mol. The van der Waals surface area contributed by atoms with Crippen LogP contribution in [-0.2, 0) is 16.1 Å². The van der Waals surface area contributed by atoms with E-state index in [4.69, 9.17) is 4.74 Å². The first-order chi connectivity index (χ1) is 12.7. The maximum Gasteiger partial charge on any atom is 0.338 e. The average Bonchev–Trinajstić information content (AvgIpc) is 2.61. The van der Waals surface area contributed by atoms with Gasteiger partial charge in [-0.3, -0.25) is 14.9 Å². The van der Waals surface area contributed by atoms with Crippen LogP contribution >= 0.6 is 0 Å². The number of aryl methyl sites for hydroxylation is 3. The zero-order valence-corrected chi connectivity index (χ0v) is 15.8. The number of likely N-dealkylation sites (N-methyl/N-ethyl adjacent to an activating group) is 1. The Kier molecular flexibility index (Phi) is 6.28. The molecule has 0 N–H and O–H groups in total. The lowest BCUT2D eigenvalue weighted by Crippen LogP contribution is -2.31. The molecule has 2 aromatic carbocycles. The van der Waals surface area contributed by atoms with Crippen LogP contribution in [0.5, 0.6) is 0 Å². The number of amides is 1. The van der Waals surface area contributed by atoms with Crippen LogP contribution in [0.15, 0.2) is 36.4 Å². The Morgan fingerprint density at radius 1 is 1.07 bits per heavy atom. The van der Waals surface area contributed by atoms with Gasteiger partial charge >= 0.3 is 5.97 Å². The number of nitro benzene ring substituents is 1. The fraction of sp³-hybridized carbons (Fsp3) is 0.300. The molecule has 0 aliphatic carbocycles. The van der Waals surface area contributed by atoms with E-state index in [1.54, 1.807) is 7.05 Å². The molecular formula is C20H22N2O5. The van der Waals surface area contributed by atoms with E-state index >= 15 is 0 Å². The van der Waals surface area contributed by atoms with E-state index in [1.807, 2.05) is 32.0 Å². The van der Waals surface area contributed by atoms with Gasteiger partial charge in [0.05, 0.1) is 10.5 Å². The van der Waals surface area contributed by atoms with Crippen molar-refractivity contribution in [3.63, 3.8) is 0 Å². The smallest absolute Gasteiger partial charge is 0.338 e. The summed E-state index contributed by atoms with van der Waals surface area (Å²) in [6, 6.07) is 9.95. The van der Waals surface area contributed by atoms with Gasteiger partial charge in [0.25, 0.3) is 11.6 Å². The minimum Gasteiger partial charge on any atom is -0.452 e. The molecule has 0 heterocycles. The van der Waals surface area contributed by atoms with Gasteiger partial charge in [0.1, 0.15) is 0 Å². The Morgan fingerprint density at radius 3 is 2.37 bits per heavy atom. The van der Waals surface area contributed by atoms with E-state index in [2.05, 4.69) is 0 Å². The van der Waals surface area contributed by atoms with Crippen molar-refractivity contribution in [1.82, 2.24) is 4.90 Å². The van der Waals surface area contributed by atoms with Gasteiger partial charge in [0.2, 0.25) is 0 Å². The van der Waals surface area contributed by atoms with Gasteiger partial charge in [-0.1, -0.05) is 23.8 Å². The summed E-state index contributed by atoms with van der Waals surface area (Å²) in [5.41, 5.74) is 3.71. The fourth-order valence-electron chi connectivity index (χ4n) is 2.67. The lowest BCUT2D eigenvalue weighted by molar-refractivity contribution is -0.385. The van der Waals surface area contributed by atoms with Gasteiger partial charge in [-0.2, -0.15) is 0 Å². The SMILES string of the molecule is Cc1ccc(CN(C)C(=O)COC(=O)c2ccc([N+](=O)[O-])c(C)c2)c(C)c1. The molecule has 7 nitrogen and oxygen atoms in total. The monoisotopic (exact) mass is 370 g/mol. The highest BCUT2D eigenvalue weighted by Gasteiger charge is 2.17. The summed E-state index contributed by atoms with van der Waals surface area (Å²) in [4.78, 5) is 36.1. The maximum atomic E-state index is 12.2. The van der Waals surface area contributed by atoms with Crippen molar-refractivity contribution in [3.8, 4) is 0 Å². The first-order valence-electron chi connectivity index (χ1n) is 8.41. The molecule has 0 bridgehead atoms. The van der Waals surface area contributed by atoms with Crippen molar-refractivity contribution >= 4 is 17.6 Å². The first kappa shape index (κ1) is 20.1. The molecule has 0 aromatic heterocycles. The number of esters is 1. The van der Waals surface area contributed by atoms with Crippen LogP contribution in [0.4, 0.5) is 5.69 Å².